The zero-order chi connectivity index (χ0) is 19.4. The third-order valence-corrected chi connectivity index (χ3v) is 4.15. The molecule has 2 aromatic carbocycles. The van der Waals surface area contributed by atoms with Crippen molar-refractivity contribution in [2.45, 2.75) is 13.0 Å². The molecule has 0 aliphatic carbocycles. The Bertz CT molecular complexity index is 963. The molecule has 27 heavy (non-hydrogen) atoms. The van der Waals surface area contributed by atoms with Crippen LogP contribution in [-0.4, -0.2) is 26.5 Å². The van der Waals surface area contributed by atoms with Crippen LogP contribution in [0.5, 0.6) is 0 Å². The van der Waals surface area contributed by atoms with Gasteiger partial charge in [0.1, 0.15) is 5.82 Å². The quantitative estimate of drug-likeness (QED) is 0.488. The topological polar surface area (TPSA) is 101 Å². The number of anilines is 1. The third-order valence-electron chi connectivity index (χ3n) is 3.90. The minimum Gasteiger partial charge on any atom is -0.387 e. The van der Waals surface area contributed by atoms with E-state index >= 15 is 0 Å². The van der Waals surface area contributed by atoms with Gasteiger partial charge in [0.05, 0.1) is 11.0 Å². The number of aliphatic hydroxyl groups is 1. The van der Waals surface area contributed by atoms with Crippen LogP contribution in [-0.2, 0) is 0 Å². The molecule has 1 aromatic heterocycles. The lowest BCUT2D eigenvalue weighted by molar-refractivity contribution is -0.384. The van der Waals surface area contributed by atoms with Gasteiger partial charge in [-0.3, -0.25) is 10.1 Å². The molecular weight excluding hydrogens is 368 g/mol. The number of hydrogen-bond donors (Lipinski definition) is 2. The standard InChI is InChI=1S/C19H17ClN4O3/c1-12-9-18(21-11-17(25)13-5-7-15(20)8-6-13)23-19(22-12)14-3-2-4-16(10-14)24(26)27/h2-10,17,25H,11H2,1H3,(H,21,22,23)/t17-/m1/s1. The SMILES string of the molecule is Cc1cc(NC[C@@H](O)c2ccc(Cl)cc2)nc(-c2cccc([N+](=O)[O-])c2)n1. The summed E-state index contributed by atoms with van der Waals surface area (Å²) in [7, 11) is 0. The second kappa shape index (κ2) is 8.11. The van der Waals surface area contributed by atoms with Gasteiger partial charge in [-0.05, 0) is 24.6 Å². The highest BCUT2D eigenvalue weighted by atomic mass is 35.5. The first kappa shape index (κ1) is 18.8. The fraction of sp³-hybridized carbons (Fsp3) is 0.158. The average Bonchev–Trinajstić information content (AvgIpc) is 2.66. The Kier molecular flexibility index (Phi) is 5.63. The van der Waals surface area contributed by atoms with Crippen LogP contribution in [0.15, 0.2) is 54.6 Å². The Balaban J connectivity index is 1.78. The van der Waals surface area contributed by atoms with Crippen LogP contribution in [0.2, 0.25) is 5.02 Å². The van der Waals surface area contributed by atoms with Gasteiger partial charge in [-0.2, -0.15) is 0 Å². The molecule has 3 rings (SSSR count). The number of aryl methyl sites for hydroxylation is 1. The van der Waals surface area contributed by atoms with Crippen molar-refractivity contribution in [3.05, 3.63) is 81.0 Å². The van der Waals surface area contributed by atoms with Crippen LogP contribution in [0.25, 0.3) is 11.4 Å². The predicted octanol–water partition coefficient (Wildman–Crippen LogP) is 4.16. The summed E-state index contributed by atoms with van der Waals surface area (Å²) < 4.78 is 0. The molecule has 0 aliphatic rings. The number of aromatic nitrogens is 2. The lowest BCUT2D eigenvalue weighted by Crippen LogP contribution is -2.13. The molecule has 8 heteroatoms. The summed E-state index contributed by atoms with van der Waals surface area (Å²) in [6, 6.07) is 14.9. The van der Waals surface area contributed by atoms with E-state index < -0.39 is 11.0 Å². The number of halogens is 1. The molecule has 0 saturated carbocycles. The van der Waals surface area contributed by atoms with E-state index in [1.165, 1.54) is 12.1 Å². The molecule has 0 aliphatic heterocycles. The maximum Gasteiger partial charge on any atom is 0.270 e. The number of nitrogens with zero attached hydrogens (tertiary/aromatic N) is 3. The van der Waals surface area contributed by atoms with Crippen LogP contribution in [0.4, 0.5) is 11.5 Å². The number of nitro benzene ring substituents is 1. The number of nitrogens with one attached hydrogen (secondary N) is 1. The molecule has 0 bridgehead atoms. The summed E-state index contributed by atoms with van der Waals surface area (Å²) in [4.78, 5) is 19.3. The van der Waals surface area contributed by atoms with E-state index in [2.05, 4.69) is 15.3 Å². The smallest absolute Gasteiger partial charge is 0.270 e. The van der Waals surface area contributed by atoms with Crippen molar-refractivity contribution in [3.8, 4) is 11.4 Å². The number of non-ortho nitro benzene ring substituents is 1. The van der Waals surface area contributed by atoms with Gasteiger partial charge in [0.15, 0.2) is 5.82 Å². The van der Waals surface area contributed by atoms with Gasteiger partial charge in [0.25, 0.3) is 5.69 Å². The highest BCUT2D eigenvalue weighted by molar-refractivity contribution is 6.30. The third kappa shape index (κ3) is 4.78. The Morgan fingerprint density at radius 3 is 2.63 bits per heavy atom. The number of benzene rings is 2. The highest BCUT2D eigenvalue weighted by Gasteiger charge is 2.12. The van der Waals surface area contributed by atoms with Gasteiger partial charge < -0.3 is 10.4 Å². The largest absolute Gasteiger partial charge is 0.387 e. The van der Waals surface area contributed by atoms with Crippen LogP contribution in [0, 0.1) is 17.0 Å². The zero-order valence-corrected chi connectivity index (χ0v) is 15.2. The summed E-state index contributed by atoms with van der Waals surface area (Å²) in [5.74, 6) is 0.902. The van der Waals surface area contributed by atoms with E-state index in [-0.39, 0.29) is 12.2 Å². The monoisotopic (exact) mass is 384 g/mol. The van der Waals surface area contributed by atoms with Crippen LogP contribution < -0.4 is 5.32 Å². The summed E-state index contributed by atoms with van der Waals surface area (Å²) in [5.41, 5.74) is 1.96. The lowest BCUT2D eigenvalue weighted by Gasteiger charge is -2.14. The van der Waals surface area contributed by atoms with Crippen molar-refractivity contribution in [1.29, 1.82) is 0 Å². The Labute approximate surface area is 160 Å². The van der Waals surface area contributed by atoms with Crippen LogP contribution in [0.3, 0.4) is 0 Å². The molecule has 0 amide bonds. The van der Waals surface area contributed by atoms with Crippen molar-refractivity contribution in [2.24, 2.45) is 0 Å². The van der Waals surface area contributed by atoms with Gasteiger partial charge in [0.2, 0.25) is 0 Å². The molecule has 1 atom stereocenters. The molecule has 3 aromatic rings. The molecule has 1 heterocycles. The van der Waals surface area contributed by atoms with Gasteiger partial charge in [0, 0.05) is 41.0 Å². The molecule has 0 spiro atoms. The lowest BCUT2D eigenvalue weighted by atomic mass is 10.1. The Hall–Kier alpha value is -3.03. The fourth-order valence-electron chi connectivity index (χ4n) is 2.55. The molecular formula is C19H17ClN4O3. The number of nitro groups is 1. The molecule has 0 fully saturated rings. The normalized spacial score (nSPS) is 11.8. The van der Waals surface area contributed by atoms with Crippen molar-refractivity contribution in [2.75, 3.05) is 11.9 Å². The van der Waals surface area contributed by atoms with Crippen molar-refractivity contribution >= 4 is 23.1 Å². The second-order valence-corrected chi connectivity index (χ2v) is 6.41. The Morgan fingerprint density at radius 1 is 1.19 bits per heavy atom. The molecule has 0 radical (unpaired) electrons. The van der Waals surface area contributed by atoms with E-state index in [1.54, 1.807) is 42.5 Å². The molecule has 0 unspecified atom stereocenters. The minimum atomic E-state index is -0.737. The summed E-state index contributed by atoms with van der Waals surface area (Å²) in [6.07, 6.45) is -0.737. The fourth-order valence-corrected chi connectivity index (χ4v) is 2.68. The number of hydrogen-bond acceptors (Lipinski definition) is 6. The zero-order valence-electron chi connectivity index (χ0n) is 14.5. The van der Waals surface area contributed by atoms with E-state index in [0.717, 1.165) is 5.56 Å². The highest BCUT2D eigenvalue weighted by Crippen LogP contribution is 2.23. The van der Waals surface area contributed by atoms with E-state index in [4.69, 9.17) is 11.6 Å². The van der Waals surface area contributed by atoms with Crippen molar-refractivity contribution < 1.29 is 10.0 Å². The first-order chi connectivity index (χ1) is 12.9. The van der Waals surface area contributed by atoms with E-state index in [0.29, 0.717) is 27.9 Å². The summed E-state index contributed by atoms with van der Waals surface area (Å²) in [5, 5.41) is 25.0. The Morgan fingerprint density at radius 2 is 1.93 bits per heavy atom. The summed E-state index contributed by atoms with van der Waals surface area (Å²) >= 11 is 5.86. The van der Waals surface area contributed by atoms with Gasteiger partial charge in [-0.15, -0.1) is 0 Å². The second-order valence-electron chi connectivity index (χ2n) is 5.97. The summed E-state index contributed by atoms with van der Waals surface area (Å²) in [6.45, 7) is 2.05. The predicted molar refractivity (Wildman–Crippen MR) is 104 cm³/mol. The average molecular weight is 385 g/mol. The van der Waals surface area contributed by atoms with Crippen LogP contribution in [0.1, 0.15) is 17.4 Å². The molecule has 2 N–H and O–H groups in total. The maximum absolute atomic E-state index is 11.0. The van der Waals surface area contributed by atoms with Gasteiger partial charge >= 0.3 is 0 Å². The maximum atomic E-state index is 11.0. The number of aliphatic hydroxyl groups excluding tert-OH is 1. The molecule has 138 valence electrons. The van der Waals surface area contributed by atoms with E-state index in [9.17, 15) is 15.2 Å². The molecule has 0 saturated heterocycles. The first-order valence-corrected chi connectivity index (χ1v) is 8.58. The van der Waals surface area contributed by atoms with E-state index in [1.807, 2.05) is 6.92 Å². The first-order valence-electron chi connectivity index (χ1n) is 8.20. The molecule has 7 nitrogen and oxygen atoms in total. The number of rotatable bonds is 6. The van der Waals surface area contributed by atoms with Crippen molar-refractivity contribution in [1.82, 2.24) is 9.97 Å². The van der Waals surface area contributed by atoms with Crippen LogP contribution >= 0.6 is 11.6 Å². The van der Waals surface area contributed by atoms with Gasteiger partial charge in [-0.25, -0.2) is 9.97 Å². The van der Waals surface area contributed by atoms with Crippen molar-refractivity contribution in [3.63, 3.8) is 0 Å². The van der Waals surface area contributed by atoms with Gasteiger partial charge in [-0.1, -0.05) is 35.9 Å². The minimum absolute atomic E-state index is 0.0229.